The van der Waals surface area contributed by atoms with E-state index in [1.807, 2.05) is 5.38 Å². The second-order valence-corrected chi connectivity index (χ2v) is 8.52. The van der Waals surface area contributed by atoms with Gasteiger partial charge in [0.25, 0.3) is 6.01 Å². The number of rotatable bonds is 3. The van der Waals surface area contributed by atoms with Gasteiger partial charge in [0.15, 0.2) is 5.58 Å². The lowest BCUT2D eigenvalue weighted by Crippen LogP contribution is -2.70. The number of nitrogens with zero attached hydrogens (tertiary/aromatic N) is 4. The summed E-state index contributed by atoms with van der Waals surface area (Å²) in [6.07, 6.45) is 4.32. The fourth-order valence-electron chi connectivity index (χ4n) is 4.48. The minimum Gasteiger partial charge on any atom is -0.465 e. The molecule has 1 aliphatic carbocycles. The Labute approximate surface area is 159 Å². The van der Waals surface area contributed by atoms with Gasteiger partial charge in [0.05, 0.1) is 17.6 Å². The summed E-state index contributed by atoms with van der Waals surface area (Å²) in [5, 5.41) is 12.2. The van der Waals surface area contributed by atoms with Gasteiger partial charge in [0, 0.05) is 24.7 Å². The molecule has 1 N–H and O–H groups in total. The lowest BCUT2D eigenvalue weighted by molar-refractivity contribution is 0.0101. The molecule has 3 saturated heterocycles. The predicted octanol–water partition coefficient (Wildman–Crippen LogP) is 3.77. The van der Waals surface area contributed by atoms with Crippen molar-refractivity contribution in [3.8, 4) is 10.6 Å². The first-order valence-corrected chi connectivity index (χ1v) is 10.2. The van der Waals surface area contributed by atoms with Crippen molar-refractivity contribution in [3.63, 3.8) is 0 Å². The third-order valence-corrected chi connectivity index (χ3v) is 6.73. The summed E-state index contributed by atoms with van der Waals surface area (Å²) in [7, 11) is 0. The molecule has 3 aromatic rings. The number of piperazine rings is 1. The molecule has 1 aromatic carbocycles. The molecule has 2 aromatic heterocycles. The van der Waals surface area contributed by atoms with Gasteiger partial charge >= 0.3 is 6.09 Å². The van der Waals surface area contributed by atoms with Crippen molar-refractivity contribution in [2.75, 3.05) is 18.0 Å². The summed E-state index contributed by atoms with van der Waals surface area (Å²) in [5.74, 6) is 0.577. The molecule has 3 aliphatic heterocycles. The molecular formula is C19H18N4O3S. The van der Waals surface area contributed by atoms with Crippen LogP contribution in [0.1, 0.15) is 30.7 Å². The van der Waals surface area contributed by atoms with Crippen LogP contribution in [0, 0.1) is 0 Å². The summed E-state index contributed by atoms with van der Waals surface area (Å²) in [4.78, 5) is 24.3. The standard InChI is InChI=1S/C19H18N4O3S/c24-19(25)23-11-7-12(23)9-22(8-11)18-21-15-13(10-1-2-10)3-4-14(16(15)26-18)17-20-5-6-27-17/h3-6,10-12H,1-2,7-9H2,(H,24,25). The number of amides is 1. The number of benzene rings is 1. The SMILES string of the molecule is O=C(O)N1C2CC1CN(c1nc3c(C4CC4)ccc(-c4nccs4)c3o1)C2. The van der Waals surface area contributed by atoms with E-state index in [0.29, 0.717) is 25.0 Å². The third kappa shape index (κ3) is 2.29. The second kappa shape index (κ2) is 5.45. The van der Waals surface area contributed by atoms with Crippen LogP contribution in [0.4, 0.5) is 10.8 Å². The zero-order valence-electron chi connectivity index (χ0n) is 14.5. The van der Waals surface area contributed by atoms with Gasteiger partial charge < -0.3 is 14.4 Å². The molecule has 7 rings (SSSR count). The lowest BCUT2D eigenvalue weighted by Gasteiger charge is -2.54. The number of thiazole rings is 1. The minimum absolute atomic E-state index is 0.0394. The first-order valence-electron chi connectivity index (χ1n) is 9.28. The van der Waals surface area contributed by atoms with Crippen LogP contribution in [0.15, 0.2) is 28.1 Å². The molecule has 0 spiro atoms. The number of carboxylic acid groups (broad SMARTS) is 1. The van der Waals surface area contributed by atoms with E-state index in [0.717, 1.165) is 28.1 Å². The fourth-order valence-corrected chi connectivity index (χ4v) is 5.14. The Hall–Kier alpha value is -2.61. The van der Waals surface area contributed by atoms with Crippen LogP contribution in [0.5, 0.6) is 0 Å². The van der Waals surface area contributed by atoms with Gasteiger partial charge in [-0.15, -0.1) is 11.3 Å². The molecule has 138 valence electrons. The molecule has 2 unspecified atom stereocenters. The highest BCUT2D eigenvalue weighted by Crippen LogP contribution is 2.46. The Morgan fingerprint density at radius 3 is 2.74 bits per heavy atom. The summed E-state index contributed by atoms with van der Waals surface area (Å²) in [6.45, 7) is 1.28. The lowest BCUT2D eigenvalue weighted by atomic mass is 9.88. The molecule has 4 aliphatic rings. The van der Waals surface area contributed by atoms with E-state index < -0.39 is 6.09 Å². The molecule has 0 radical (unpaired) electrons. The molecule has 27 heavy (non-hydrogen) atoms. The molecule has 1 amide bonds. The zero-order valence-corrected chi connectivity index (χ0v) is 15.4. The maximum absolute atomic E-state index is 11.3. The highest BCUT2D eigenvalue weighted by atomic mass is 32.1. The number of anilines is 1. The average molecular weight is 382 g/mol. The number of oxazole rings is 1. The molecule has 2 bridgehead atoms. The van der Waals surface area contributed by atoms with Crippen molar-refractivity contribution < 1.29 is 14.3 Å². The van der Waals surface area contributed by atoms with Gasteiger partial charge in [-0.05, 0) is 36.8 Å². The second-order valence-electron chi connectivity index (χ2n) is 7.63. The quantitative estimate of drug-likeness (QED) is 0.742. The average Bonchev–Trinajstić information content (AvgIpc) is 3.17. The van der Waals surface area contributed by atoms with Crippen LogP contribution in [-0.4, -0.2) is 51.2 Å². The zero-order chi connectivity index (χ0) is 18.1. The van der Waals surface area contributed by atoms with E-state index in [-0.39, 0.29) is 12.1 Å². The van der Waals surface area contributed by atoms with E-state index in [4.69, 9.17) is 9.40 Å². The van der Waals surface area contributed by atoms with Crippen molar-refractivity contribution in [2.45, 2.75) is 37.3 Å². The highest BCUT2D eigenvalue weighted by molar-refractivity contribution is 7.13. The van der Waals surface area contributed by atoms with Gasteiger partial charge in [0.2, 0.25) is 0 Å². The molecule has 1 saturated carbocycles. The smallest absolute Gasteiger partial charge is 0.407 e. The van der Waals surface area contributed by atoms with Crippen molar-refractivity contribution in [3.05, 3.63) is 29.3 Å². The number of hydrogen-bond donors (Lipinski definition) is 1. The Morgan fingerprint density at radius 2 is 2.07 bits per heavy atom. The highest BCUT2D eigenvalue weighted by Gasteiger charge is 2.48. The topological polar surface area (TPSA) is 82.7 Å². The van der Waals surface area contributed by atoms with Gasteiger partial charge in [-0.1, -0.05) is 6.07 Å². The monoisotopic (exact) mass is 382 g/mol. The maximum Gasteiger partial charge on any atom is 0.407 e. The van der Waals surface area contributed by atoms with E-state index in [2.05, 4.69) is 22.0 Å². The van der Waals surface area contributed by atoms with E-state index in [1.165, 1.54) is 18.4 Å². The van der Waals surface area contributed by atoms with Crippen molar-refractivity contribution in [1.82, 2.24) is 14.9 Å². The largest absolute Gasteiger partial charge is 0.465 e. The Balaban J connectivity index is 1.41. The number of piperidine rings is 1. The third-order valence-electron chi connectivity index (χ3n) is 5.93. The summed E-state index contributed by atoms with van der Waals surface area (Å²) in [5.41, 5.74) is 3.99. The molecule has 7 nitrogen and oxygen atoms in total. The number of hydrogen-bond acceptors (Lipinski definition) is 6. The summed E-state index contributed by atoms with van der Waals surface area (Å²) < 4.78 is 6.26. The van der Waals surface area contributed by atoms with Crippen LogP contribution < -0.4 is 4.90 Å². The Kier molecular flexibility index (Phi) is 3.12. The van der Waals surface area contributed by atoms with Gasteiger partial charge in [-0.25, -0.2) is 9.78 Å². The van der Waals surface area contributed by atoms with Gasteiger partial charge in [-0.2, -0.15) is 4.98 Å². The van der Waals surface area contributed by atoms with E-state index in [1.54, 1.807) is 22.4 Å². The number of aromatic nitrogens is 2. The maximum atomic E-state index is 11.3. The van der Waals surface area contributed by atoms with Crippen LogP contribution in [-0.2, 0) is 0 Å². The van der Waals surface area contributed by atoms with Crippen LogP contribution >= 0.6 is 11.3 Å². The van der Waals surface area contributed by atoms with Crippen molar-refractivity contribution >= 4 is 34.5 Å². The first-order chi connectivity index (χ1) is 13.2. The van der Waals surface area contributed by atoms with Gasteiger partial charge in [-0.3, -0.25) is 4.90 Å². The first kappa shape index (κ1) is 15.4. The summed E-state index contributed by atoms with van der Waals surface area (Å²) >= 11 is 1.59. The molecule has 8 heteroatoms. The Morgan fingerprint density at radius 1 is 1.26 bits per heavy atom. The molecule has 4 fully saturated rings. The number of carbonyl (C=O) groups is 1. The van der Waals surface area contributed by atoms with Crippen LogP contribution in [0.25, 0.3) is 21.7 Å². The van der Waals surface area contributed by atoms with E-state index >= 15 is 0 Å². The summed E-state index contributed by atoms with van der Waals surface area (Å²) in [6, 6.07) is 4.96. The normalized spacial score (nSPS) is 24.3. The fraction of sp³-hybridized carbons (Fsp3) is 0.421. The molecule has 5 heterocycles. The molecule has 2 atom stereocenters. The van der Waals surface area contributed by atoms with Gasteiger partial charge in [0.1, 0.15) is 10.5 Å². The Bertz CT molecular complexity index is 1030. The minimum atomic E-state index is -0.824. The van der Waals surface area contributed by atoms with Crippen LogP contribution in [0.3, 0.4) is 0 Å². The predicted molar refractivity (Wildman–Crippen MR) is 101 cm³/mol. The molecular weight excluding hydrogens is 364 g/mol. The number of fused-ring (bicyclic) bond motifs is 3. The van der Waals surface area contributed by atoms with Crippen molar-refractivity contribution in [2.24, 2.45) is 0 Å². The van der Waals surface area contributed by atoms with Crippen LogP contribution in [0.2, 0.25) is 0 Å². The van der Waals surface area contributed by atoms with E-state index in [9.17, 15) is 9.90 Å². The van der Waals surface area contributed by atoms with Crippen molar-refractivity contribution in [1.29, 1.82) is 0 Å².